The molecule has 2 nitrogen and oxygen atoms in total. The average molecular weight is 417 g/mol. The van der Waals surface area contributed by atoms with Crippen LogP contribution in [0.2, 0.25) is 0 Å². The molecule has 1 aliphatic heterocycles. The van der Waals surface area contributed by atoms with E-state index in [9.17, 15) is 17.6 Å². The highest BCUT2D eigenvalue weighted by Crippen LogP contribution is 2.36. The van der Waals surface area contributed by atoms with E-state index >= 15 is 0 Å². The van der Waals surface area contributed by atoms with Gasteiger partial charge in [0.2, 0.25) is 0 Å². The van der Waals surface area contributed by atoms with Gasteiger partial charge in [-0.2, -0.15) is 13.2 Å². The number of halogens is 6. The van der Waals surface area contributed by atoms with Gasteiger partial charge in [0.1, 0.15) is 5.82 Å². The number of alkyl halides is 3. The lowest BCUT2D eigenvalue weighted by Gasteiger charge is -2.35. The molecule has 1 fully saturated rings. The van der Waals surface area contributed by atoms with Gasteiger partial charge >= 0.3 is 6.18 Å². The molecule has 0 aliphatic carbocycles. The summed E-state index contributed by atoms with van der Waals surface area (Å²) in [5, 5.41) is 5.12. The first-order valence-corrected chi connectivity index (χ1v) is 8.19. The van der Waals surface area contributed by atoms with Gasteiger partial charge in [0.15, 0.2) is 0 Å². The van der Waals surface area contributed by atoms with Crippen LogP contribution in [0.4, 0.5) is 17.6 Å². The van der Waals surface area contributed by atoms with Crippen molar-refractivity contribution in [1.82, 2.24) is 10.2 Å². The molecule has 3 rings (SSSR count). The maximum absolute atomic E-state index is 14.4. The third-order valence-corrected chi connectivity index (χ3v) is 4.88. The summed E-state index contributed by atoms with van der Waals surface area (Å²) in [6, 6.07) is 6.25. The molecular formula is C16H18Cl2F4N2S. The summed E-state index contributed by atoms with van der Waals surface area (Å²) in [6.07, 6.45) is -4.53. The van der Waals surface area contributed by atoms with Gasteiger partial charge in [-0.1, -0.05) is 12.1 Å². The zero-order valence-electron chi connectivity index (χ0n) is 13.1. The van der Waals surface area contributed by atoms with E-state index in [2.05, 4.69) is 10.2 Å². The highest BCUT2D eigenvalue weighted by Gasteiger charge is 2.33. The third-order valence-electron chi connectivity index (χ3n) is 3.95. The van der Waals surface area contributed by atoms with Crippen LogP contribution in [0.25, 0.3) is 0 Å². The van der Waals surface area contributed by atoms with E-state index in [0.29, 0.717) is 11.6 Å². The van der Waals surface area contributed by atoms with Crippen LogP contribution >= 0.6 is 36.2 Å². The van der Waals surface area contributed by atoms with Gasteiger partial charge in [-0.25, -0.2) is 4.39 Å². The summed E-state index contributed by atoms with van der Waals surface area (Å²) in [5.74, 6) is -0.809. The first kappa shape index (κ1) is 22.2. The van der Waals surface area contributed by atoms with Crippen LogP contribution < -0.4 is 5.32 Å². The van der Waals surface area contributed by atoms with Crippen LogP contribution in [0.5, 0.6) is 0 Å². The number of nitrogens with zero attached hydrogens (tertiary/aromatic N) is 1. The Kier molecular flexibility index (Phi) is 8.15. The van der Waals surface area contributed by atoms with Crippen molar-refractivity contribution >= 4 is 36.2 Å². The molecule has 1 atom stereocenters. The van der Waals surface area contributed by atoms with Gasteiger partial charge in [0.25, 0.3) is 0 Å². The van der Waals surface area contributed by atoms with E-state index in [1.807, 2.05) is 17.5 Å². The lowest BCUT2D eigenvalue weighted by atomic mass is 10.00. The Balaban J connectivity index is 0.00000156. The van der Waals surface area contributed by atoms with E-state index in [4.69, 9.17) is 0 Å². The molecule has 25 heavy (non-hydrogen) atoms. The molecule has 0 saturated carbocycles. The molecule has 0 amide bonds. The highest BCUT2D eigenvalue weighted by molar-refractivity contribution is 7.10. The molecule has 2 heterocycles. The lowest BCUT2D eigenvalue weighted by Crippen LogP contribution is -2.45. The van der Waals surface area contributed by atoms with Gasteiger partial charge in [0, 0.05) is 36.6 Å². The molecule has 0 spiro atoms. The van der Waals surface area contributed by atoms with E-state index in [1.54, 1.807) is 0 Å². The minimum absolute atomic E-state index is 0. The molecule has 1 N–H and O–H groups in total. The van der Waals surface area contributed by atoms with Crippen molar-refractivity contribution in [3.05, 3.63) is 57.5 Å². The molecule has 0 unspecified atom stereocenters. The van der Waals surface area contributed by atoms with Gasteiger partial charge in [-0.05, 0) is 23.6 Å². The lowest BCUT2D eigenvalue weighted by molar-refractivity contribution is -0.137. The summed E-state index contributed by atoms with van der Waals surface area (Å²) in [7, 11) is 0. The summed E-state index contributed by atoms with van der Waals surface area (Å²) >= 11 is 1.49. The predicted octanol–water partition coefficient (Wildman–Crippen LogP) is 4.74. The average Bonchev–Trinajstić information content (AvgIpc) is 3.03. The molecule has 0 bridgehead atoms. The summed E-state index contributed by atoms with van der Waals surface area (Å²) in [5.41, 5.74) is -0.661. The van der Waals surface area contributed by atoms with Crippen molar-refractivity contribution < 1.29 is 17.6 Å². The van der Waals surface area contributed by atoms with Crippen molar-refractivity contribution in [2.45, 2.75) is 12.2 Å². The minimum Gasteiger partial charge on any atom is -0.314 e. The summed E-state index contributed by atoms with van der Waals surface area (Å²) in [6.45, 7) is 3.01. The van der Waals surface area contributed by atoms with Crippen molar-refractivity contribution in [2.24, 2.45) is 0 Å². The number of thiophene rings is 1. The number of hydrogen-bond acceptors (Lipinski definition) is 3. The van der Waals surface area contributed by atoms with Crippen LogP contribution in [0.3, 0.4) is 0 Å². The van der Waals surface area contributed by atoms with Gasteiger partial charge < -0.3 is 5.32 Å². The van der Waals surface area contributed by atoms with Crippen molar-refractivity contribution in [3.63, 3.8) is 0 Å². The summed E-state index contributed by atoms with van der Waals surface area (Å²) in [4.78, 5) is 3.04. The van der Waals surface area contributed by atoms with Crippen LogP contribution in [-0.2, 0) is 6.18 Å². The zero-order chi connectivity index (χ0) is 16.4. The molecule has 0 radical (unpaired) electrons. The fourth-order valence-electron chi connectivity index (χ4n) is 2.84. The molecule has 1 aromatic heterocycles. The second-order valence-corrected chi connectivity index (χ2v) is 6.42. The Bertz CT molecular complexity index is 659. The van der Waals surface area contributed by atoms with E-state index in [-0.39, 0.29) is 30.9 Å². The van der Waals surface area contributed by atoms with Crippen LogP contribution in [-0.4, -0.2) is 31.1 Å². The topological polar surface area (TPSA) is 15.3 Å². The number of benzene rings is 1. The Morgan fingerprint density at radius 1 is 1.08 bits per heavy atom. The second kappa shape index (κ2) is 9.19. The fraction of sp³-hybridized carbons (Fsp3) is 0.375. The van der Waals surface area contributed by atoms with Gasteiger partial charge in [0.05, 0.1) is 11.6 Å². The third kappa shape index (κ3) is 5.08. The predicted molar refractivity (Wildman–Crippen MR) is 96.5 cm³/mol. The molecule has 1 aliphatic rings. The van der Waals surface area contributed by atoms with Crippen LogP contribution in [0.1, 0.15) is 22.0 Å². The van der Waals surface area contributed by atoms with Crippen molar-refractivity contribution in [2.75, 3.05) is 26.2 Å². The number of hydrogen-bond donors (Lipinski definition) is 1. The van der Waals surface area contributed by atoms with Crippen molar-refractivity contribution in [1.29, 1.82) is 0 Å². The maximum atomic E-state index is 14.4. The monoisotopic (exact) mass is 416 g/mol. The Hall–Kier alpha value is -0.860. The zero-order valence-corrected chi connectivity index (χ0v) is 15.5. The first-order chi connectivity index (χ1) is 11.0. The number of piperazine rings is 1. The van der Waals surface area contributed by atoms with E-state index < -0.39 is 17.6 Å². The minimum atomic E-state index is -4.53. The van der Waals surface area contributed by atoms with E-state index in [1.165, 1.54) is 17.4 Å². The SMILES string of the molecule is Cl.Cl.Fc1cc(C(F)(F)F)ccc1[C@@H](c1cccs1)N1CCNCC1. The normalized spacial score (nSPS) is 16.6. The number of nitrogens with one attached hydrogen (secondary N) is 1. The standard InChI is InChI=1S/C16H16F4N2S.2ClH/c17-13-10-11(16(18,19)20)3-4-12(13)15(14-2-1-9-23-14)22-7-5-21-6-8-22;;/h1-4,9-10,15,21H,5-8H2;2*1H/t15-;;/m0../s1. The quantitative estimate of drug-likeness (QED) is 0.726. The number of rotatable bonds is 3. The van der Waals surface area contributed by atoms with Crippen molar-refractivity contribution in [3.8, 4) is 0 Å². The first-order valence-electron chi connectivity index (χ1n) is 7.31. The smallest absolute Gasteiger partial charge is 0.314 e. The molecule has 1 saturated heterocycles. The Morgan fingerprint density at radius 2 is 1.76 bits per heavy atom. The highest BCUT2D eigenvalue weighted by atomic mass is 35.5. The molecule has 9 heteroatoms. The molecule has 2 aromatic rings. The maximum Gasteiger partial charge on any atom is 0.416 e. The molecular weight excluding hydrogens is 399 g/mol. The molecule has 1 aromatic carbocycles. The summed E-state index contributed by atoms with van der Waals surface area (Å²) < 4.78 is 52.7. The second-order valence-electron chi connectivity index (χ2n) is 5.44. The largest absolute Gasteiger partial charge is 0.416 e. The van der Waals surface area contributed by atoms with Crippen LogP contribution in [0.15, 0.2) is 35.7 Å². The van der Waals surface area contributed by atoms with Gasteiger partial charge in [-0.3, -0.25) is 4.90 Å². The van der Waals surface area contributed by atoms with E-state index in [0.717, 1.165) is 37.1 Å². The van der Waals surface area contributed by atoms with Crippen LogP contribution in [0, 0.1) is 5.82 Å². The molecule has 140 valence electrons. The fourth-order valence-corrected chi connectivity index (χ4v) is 3.72. The Labute approximate surface area is 160 Å². The van der Waals surface area contributed by atoms with Gasteiger partial charge in [-0.15, -0.1) is 36.2 Å². The Morgan fingerprint density at radius 3 is 2.28 bits per heavy atom.